The molecular weight excluding hydrogens is 304 g/mol. The summed E-state index contributed by atoms with van der Waals surface area (Å²) in [6, 6.07) is 7.31. The van der Waals surface area contributed by atoms with Crippen LogP contribution >= 0.6 is 0 Å². The Bertz CT molecular complexity index is 771. The molecule has 0 atom stereocenters. The van der Waals surface area contributed by atoms with Gasteiger partial charge < -0.3 is 10.1 Å². The van der Waals surface area contributed by atoms with Crippen molar-refractivity contribution in [3.05, 3.63) is 24.3 Å². The summed E-state index contributed by atoms with van der Waals surface area (Å²) in [4.78, 5) is 25.0. The number of rotatable bonds is 3. The van der Waals surface area contributed by atoms with E-state index in [9.17, 15) is 4.79 Å². The molecule has 0 aliphatic rings. The van der Waals surface area contributed by atoms with Crippen LogP contribution in [0.5, 0.6) is 0 Å². The number of carbonyl (C=O) groups is 1. The number of ether oxygens (including phenoxy) is 1. The molecular formula is C18H24N4O2. The minimum absolute atomic E-state index is 0.0953. The molecule has 0 bridgehead atoms. The first kappa shape index (κ1) is 17.8. The maximum absolute atomic E-state index is 12.1. The first-order valence-electron chi connectivity index (χ1n) is 7.84. The molecule has 0 aromatic carbocycles. The van der Waals surface area contributed by atoms with Gasteiger partial charge in [-0.25, -0.2) is 15.0 Å². The smallest absolute Gasteiger partial charge is 0.230 e. The van der Waals surface area contributed by atoms with Gasteiger partial charge in [-0.15, -0.1) is 0 Å². The first-order valence-corrected chi connectivity index (χ1v) is 7.84. The van der Waals surface area contributed by atoms with Crippen LogP contribution in [0, 0.1) is 5.41 Å². The second-order valence-corrected chi connectivity index (χ2v) is 7.58. The fourth-order valence-electron chi connectivity index (χ4n) is 1.67. The molecule has 0 aliphatic heterocycles. The van der Waals surface area contributed by atoms with Crippen molar-refractivity contribution in [3.63, 3.8) is 0 Å². The third-order valence-corrected chi connectivity index (χ3v) is 3.05. The van der Waals surface area contributed by atoms with E-state index in [0.29, 0.717) is 17.3 Å². The predicted octanol–water partition coefficient (Wildman–Crippen LogP) is 4.09. The van der Waals surface area contributed by atoms with E-state index in [1.54, 1.807) is 12.1 Å². The second-order valence-electron chi connectivity index (χ2n) is 7.58. The molecule has 0 fully saturated rings. The molecule has 6 nitrogen and oxygen atoms in total. The van der Waals surface area contributed by atoms with Crippen LogP contribution in [0.25, 0.3) is 11.0 Å². The van der Waals surface area contributed by atoms with Crippen LogP contribution in [0.3, 0.4) is 0 Å². The van der Waals surface area contributed by atoms with Gasteiger partial charge in [0, 0.05) is 10.8 Å². The van der Waals surface area contributed by atoms with Gasteiger partial charge in [0.15, 0.2) is 17.9 Å². The molecule has 2 rings (SSSR count). The molecule has 24 heavy (non-hydrogen) atoms. The number of amides is 1. The fourth-order valence-corrected chi connectivity index (χ4v) is 1.67. The maximum Gasteiger partial charge on any atom is 0.230 e. The quantitative estimate of drug-likeness (QED) is 0.680. The van der Waals surface area contributed by atoms with E-state index in [2.05, 4.69) is 20.3 Å². The molecule has 0 saturated heterocycles. The molecule has 1 amide bonds. The van der Waals surface area contributed by atoms with E-state index in [4.69, 9.17) is 4.74 Å². The normalized spacial score (nSPS) is 12.6. The van der Waals surface area contributed by atoms with Crippen LogP contribution in [0.2, 0.25) is 0 Å². The Morgan fingerprint density at radius 3 is 2.38 bits per heavy atom. The van der Waals surface area contributed by atoms with Gasteiger partial charge in [-0.05, 0) is 45.0 Å². The van der Waals surface area contributed by atoms with Gasteiger partial charge >= 0.3 is 0 Å². The summed E-state index contributed by atoms with van der Waals surface area (Å²) in [5.41, 5.74) is -0.268. The lowest BCUT2D eigenvalue weighted by Gasteiger charge is -2.17. The van der Waals surface area contributed by atoms with Crippen molar-refractivity contribution < 1.29 is 9.53 Å². The molecule has 0 spiro atoms. The van der Waals surface area contributed by atoms with Crippen molar-refractivity contribution in [2.24, 2.45) is 10.4 Å². The van der Waals surface area contributed by atoms with Crippen LogP contribution in [-0.4, -0.2) is 27.9 Å². The Morgan fingerprint density at radius 2 is 1.75 bits per heavy atom. The summed E-state index contributed by atoms with van der Waals surface area (Å²) in [7, 11) is 0. The van der Waals surface area contributed by atoms with E-state index in [1.807, 2.05) is 53.7 Å². The molecule has 2 heterocycles. The monoisotopic (exact) mass is 328 g/mol. The lowest BCUT2D eigenvalue weighted by molar-refractivity contribution is -0.123. The number of aromatic nitrogens is 2. The number of pyridine rings is 2. The summed E-state index contributed by atoms with van der Waals surface area (Å²) >= 11 is 0. The van der Waals surface area contributed by atoms with Crippen molar-refractivity contribution in [2.45, 2.75) is 47.1 Å². The van der Waals surface area contributed by atoms with E-state index >= 15 is 0 Å². The fraction of sp³-hybridized carbons (Fsp3) is 0.444. The molecule has 0 radical (unpaired) electrons. The van der Waals surface area contributed by atoms with Gasteiger partial charge in [0.05, 0.1) is 0 Å². The zero-order valence-corrected chi connectivity index (χ0v) is 15.0. The van der Waals surface area contributed by atoms with Crippen molar-refractivity contribution in [2.75, 3.05) is 5.32 Å². The molecule has 128 valence electrons. The summed E-state index contributed by atoms with van der Waals surface area (Å²) in [6.45, 7) is 11.4. The highest BCUT2D eigenvalue weighted by Gasteiger charge is 2.21. The molecule has 1 N–H and O–H groups in total. The van der Waals surface area contributed by atoms with Crippen molar-refractivity contribution >= 4 is 35.0 Å². The highest BCUT2D eigenvalue weighted by Crippen LogP contribution is 2.20. The SMILES string of the molecule is CC(C)(C)OC=Nc1ccc2ccc(NC(=O)C(C)(C)C)nc2n1. The van der Waals surface area contributed by atoms with Gasteiger partial charge in [0.1, 0.15) is 11.4 Å². The molecule has 0 saturated carbocycles. The Balaban J connectivity index is 2.23. The minimum atomic E-state index is -0.486. The van der Waals surface area contributed by atoms with E-state index in [1.165, 1.54) is 6.40 Å². The number of hydrogen-bond donors (Lipinski definition) is 1. The van der Waals surface area contributed by atoms with Crippen LogP contribution in [0.4, 0.5) is 11.6 Å². The van der Waals surface area contributed by atoms with Gasteiger partial charge in [0.2, 0.25) is 5.91 Å². The lowest BCUT2D eigenvalue weighted by Crippen LogP contribution is -2.28. The second kappa shape index (κ2) is 6.55. The predicted molar refractivity (Wildman–Crippen MR) is 96.6 cm³/mol. The van der Waals surface area contributed by atoms with Gasteiger partial charge in [0.25, 0.3) is 0 Å². The largest absolute Gasteiger partial charge is 0.478 e. The van der Waals surface area contributed by atoms with Crippen LogP contribution in [0.15, 0.2) is 29.3 Å². The maximum atomic E-state index is 12.1. The van der Waals surface area contributed by atoms with Crippen LogP contribution in [0.1, 0.15) is 41.5 Å². The summed E-state index contributed by atoms with van der Waals surface area (Å²) in [5.74, 6) is 0.877. The number of anilines is 1. The number of hydrogen-bond acceptors (Lipinski definition) is 5. The van der Waals surface area contributed by atoms with Gasteiger partial charge in [-0.2, -0.15) is 0 Å². The molecule has 0 unspecified atom stereocenters. The lowest BCUT2D eigenvalue weighted by atomic mass is 9.96. The Labute approximate surface area is 142 Å². The average Bonchev–Trinajstić information content (AvgIpc) is 2.44. The number of aliphatic imine (C=N–C) groups is 1. The summed E-state index contributed by atoms with van der Waals surface area (Å²) < 4.78 is 5.45. The highest BCUT2D eigenvalue weighted by atomic mass is 16.5. The number of nitrogens with one attached hydrogen (secondary N) is 1. The third-order valence-electron chi connectivity index (χ3n) is 3.05. The molecule has 0 aliphatic carbocycles. The number of fused-ring (bicyclic) bond motifs is 1. The standard InChI is InChI=1S/C18H24N4O2/c1-17(2,3)16(23)22-14-10-8-12-7-9-13(20-15(12)21-14)19-11-24-18(4,5)6/h7-11H,1-6H3,(H,20,21,22,23). The Morgan fingerprint density at radius 1 is 1.08 bits per heavy atom. The van der Waals surface area contributed by atoms with E-state index in [-0.39, 0.29) is 11.5 Å². The zero-order chi connectivity index (χ0) is 18.0. The number of carbonyl (C=O) groups excluding carboxylic acids is 1. The Kier molecular flexibility index (Phi) is 4.87. The van der Waals surface area contributed by atoms with E-state index in [0.717, 1.165) is 5.39 Å². The molecule has 6 heteroatoms. The van der Waals surface area contributed by atoms with Crippen LogP contribution in [-0.2, 0) is 9.53 Å². The molecule has 2 aromatic heterocycles. The topological polar surface area (TPSA) is 76.5 Å². The zero-order valence-electron chi connectivity index (χ0n) is 15.0. The van der Waals surface area contributed by atoms with Crippen molar-refractivity contribution in [1.29, 1.82) is 0 Å². The highest BCUT2D eigenvalue weighted by molar-refractivity contribution is 5.94. The average molecular weight is 328 g/mol. The summed E-state index contributed by atoms with van der Waals surface area (Å²) in [6.07, 6.45) is 1.39. The van der Waals surface area contributed by atoms with Crippen LogP contribution < -0.4 is 5.32 Å². The summed E-state index contributed by atoms with van der Waals surface area (Å²) in [5, 5.41) is 3.68. The van der Waals surface area contributed by atoms with E-state index < -0.39 is 5.41 Å². The van der Waals surface area contributed by atoms with Crippen molar-refractivity contribution in [3.8, 4) is 0 Å². The Hall–Kier alpha value is -2.50. The van der Waals surface area contributed by atoms with Gasteiger partial charge in [-0.3, -0.25) is 4.79 Å². The first-order chi connectivity index (χ1) is 11.0. The number of nitrogens with zero attached hydrogens (tertiary/aromatic N) is 3. The van der Waals surface area contributed by atoms with Gasteiger partial charge in [-0.1, -0.05) is 20.8 Å². The van der Waals surface area contributed by atoms with Crippen molar-refractivity contribution in [1.82, 2.24) is 9.97 Å². The molecule has 2 aromatic rings. The third kappa shape index (κ3) is 5.01. The minimum Gasteiger partial charge on any atom is -0.478 e.